The lowest BCUT2D eigenvalue weighted by molar-refractivity contribution is 0.305. The summed E-state index contributed by atoms with van der Waals surface area (Å²) >= 11 is 0. The van der Waals surface area contributed by atoms with Crippen LogP contribution in [-0.4, -0.2) is 6.54 Å². The third-order valence-electron chi connectivity index (χ3n) is 5.28. The third kappa shape index (κ3) is 4.08. The summed E-state index contributed by atoms with van der Waals surface area (Å²) in [6.45, 7) is 1.23. The van der Waals surface area contributed by atoms with Crippen molar-refractivity contribution in [2.45, 2.75) is 31.8 Å². The molecule has 4 heteroatoms. The van der Waals surface area contributed by atoms with Crippen molar-refractivity contribution in [2.24, 2.45) is 5.73 Å². The first kappa shape index (κ1) is 19.2. The monoisotopic (exact) mass is 378 g/mol. The summed E-state index contributed by atoms with van der Waals surface area (Å²) < 4.78 is 6.05. The Kier molecular flexibility index (Phi) is 6.01. The minimum absolute atomic E-state index is 0. The Bertz CT molecular complexity index is 993. The van der Waals surface area contributed by atoms with Gasteiger partial charge >= 0.3 is 0 Å². The van der Waals surface area contributed by atoms with Crippen LogP contribution < -0.4 is 10.5 Å². The lowest BCUT2D eigenvalue weighted by Gasteiger charge is -2.25. The number of nitrogens with two attached hydrogens (primary N) is 1. The van der Waals surface area contributed by atoms with Gasteiger partial charge in [0, 0.05) is 0 Å². The Morgan fingerprint density at radius 1 is 1.04 bits per heavy atom. The highest BCUT2D eigenvalue weighted by Gasteiger charge is 2.19. The van der Waals surface area contributed by atoms with Gasteiger partial charge in [-0.2, -0.15) is 5.26 Å². The van der Waals surface area contributed by atoms with Crippen molar-refractivity contribution in [2.75, 3.05) is 6.54 Å². The number of fused-ring (bicyclic) bond motifs is 2. The fourth-order valence-corrected chi connectivity index (χ4v) is 3.83. The summed E-state index contributed by atoms with van der Waals surface area (Å²) in [5.41, 5.74) is 10.5. The second kappa shape index (κ2) is 8.43. The smallest absolute Gasteiger partial charge is 0.120 e. The van der Waals surface area contributed by atoms with E-state index in [-0.39, 0.29) is 12.4 Å². The Hall–Kier alpha value is -2.54. The topological polar surface area (TPSA) is 59.0 Å². The van der Waals surface area contributed by atoms with Crippen molar-refractivity contribution in [3.63, 3.8) is 0 Å². The number of aryl methyl sites for hydroxylation is 1. The normalized spacial score (nSPS) is 15.5. The number of nitriles is 1. The predicted molar refractivity (Wildman–Crippen MR) is 111 cm³/mol. The first-order valence-corrected chi connectivity index (χ1v) is 9.15. The maximum atomic E-state index is 9.00. The Labute approximate surface area is 166 Å². The van der Waals surface area contributed by atoms with Gasteiger partial charge in [0.05, 0.1) is 11.6 Å². The standard InChI is InChI=1S/C23H22N2O.ClH/c24-13-16-4-6-20-11-17(5-7-19(20)10-16)15-26-22-9-8-18-2-1-3-21(14-25)23(18)12-22;/h4-12,21H,1-3,14-15,25H2;1H. The zero-order valence-corrected chi connectivity index (χ0v) is 16.0. The van der Waals surface area contributed by atoms with E-state index in [0.717, 1.165) is 28.5 Å². The molecule has 1 aliphatic carbocycles. The fourth-order valence-electron chi connectivity index (χ4n) is 3.83. The van der Waals surface area contributed by atoms with Crippen LogP contribution in [0.2, 0.25) is 0 Å². The molecule has 1 atom stereocenters. The molecule has 138 valence electrons. The van der Waals surface area contributed by atoms with Crippen LogP contribution in [0.5, 0.6) is 5.75 Å². The van der Waals surface area contributed by atoms with Gasteiger partial charge in [0.2, 0.25) is 0 Å². The molecule has 0 fully saturated rings. The largest absolute Gasteiger partial charge is 0.489 e. The zero-order chi connectivity index (χ0) is 17.9. The molecule has 3 nitrogen and oxygen atoms in total. The van der Waals surface area contributed by atoms with E-state index in [2.05, 4.69) is 36.4 Å². The van der Waals surface area contributed by atoms with Gasteiger partial charge in [-0.3, -0.25) is 0 Å². The first-order chi connectivity index (χ1) is 12.8. The summed E-state index contributed by atoms with van der Waals surface area (Å²) in [5, 5.41) is 11.2. The summed E-state index contributed by atoms with van der Waals surface area (Å²) in [4.78, 5) is 0. The molecular formula is C23H23ClN2O. The van der Waals surface area contributed by atoms with E-state index in [1.165, 1.54) is 24.0 Å². The number of rotatable bonds is 4. The molecule has 0 amide bonds. The highest BCUT2D eigenvalue weighted by molar-refractivity contribution is 5.85. The molecule has 0 saturated heterocycles. The van der Waals surface area contributed by atoms with E-state index in [4.69, 9.17) is 15.7 Å². The lowest BCUT2D eigenvalue weighted by Crippen LogP contribution is -2.18. The van der Waals surface area contributed by atoms with Crippen LogP contribution in [0.1, 0.15) is 41.0 Å². The van der Waals surface area contributed by atoms with Crippen LogP contribution in [0.4, 0.5) is 0 Å². The molecule has 0 radical (unpaired) electrons. The number of halogens is 1. The summed E-state index contributed by atoms with van der Waals surface area (Å²) in [6.07, 6.45) is 3.53. The quantitative estimate of drug-likeness (QED) is 0.687. The number of hydrogen-bond donors (Lipinski definition) is 1. The second-order valence-corrected chi connectivity index (χ2v) is 6.98. The van der Waals surface area contributed by atoms with Crippen LogP contribution in [0, 0.1) is 11.3 Å². The van der Waals surface area contributed by atoms with E-state index in [9.17, 15) is 0 Å². The predicted octanol–water partition coefficient (Wildman–Crippen LogP) is 5.09. The van der Waals surface area contributed by atoms with Crippen LogP contribution >= 0.6 is 12.4 Å². The number of nitrogens with zero attached hydrogens (tertiary/aromatic N) is 1. The van der Waals surface area contributed by atoms with Gasteiger partial charge in [0.1, 0.15) is 12.4 Å². The van der Waals surface area contributed by atoms with Gasteiger partial charge in [-0.05, 0) is 89.5 Å². The maximum absolute atomic E-state index is 9.00. The highest BCUT2D eigenvalue weighted by Crippen LogP contribution is 2.33. The lowest BCUT2D eigenvalue weighted by atomic mass is 9.83. The maximum Gasteiger partial charge on any atom is 0.120 e. The molecule has 0 bridgehead atoms. The Balaban J connectivity index is 0.00000210. The molecule has 3 aromatic rings. The minimum atomic E-state index is 0. The zero-order valence-electron chi connectivity index (χ0n) is 15.2. The van der Waals surface area contributed by atoms with Crippen molar-refractivity contribution in [3.8, 4) is 11.8 Å². The number of hydrogen-bond acceptors (Lipinski definition) is 3. The molecular weight excluding hydrogens is 356 g/mol. The number of benzene rings is 3. The molecule has 2 N–H and O–H groups in total. The average Bonchev–Trinajstić information content (AvgIpc) is 2.71. The molecule has 4 rings (SSSR count). The summed E-state index contributed by atoms with van der Waals surface area (Å²) in [5.74, 6) is 1.36. The molecule has 0 aliphatic heterocycles. The summed E-state index contributed by atoms with van der Waals surface area (Å²) in [6, 6.07) is 20.6. The molecule has 0 saturated carbocycles. The number of ether oxygens (including phenoxy) is 1. The molecule has 1 unspecified atom stereocenters. The van der Waals surface area contributed by atoms with Crippen molar-refractivity contribution in [1.29, 1.82) is 5.26 Å². The van der Waals surface area contributed by atoms with Crippen LogP contribution in [-0.2, 0) is 13.0 Å². The average molecular weight is 379 g/mol. The highest BCUT2D eigenvalue weighted by atomic mass is 35.5. The van der Waals surface area contributed by atoms with Crippen molar-refractivity contribution < 1.29 is 4.74 Å². The van der Waals surface area contributed by atoms with Gasteiger partial charge < -0.3 is 10.5 Å². The van der Waals surface area contributed by atoms with E-state index < -0.39 is 0 Å². The van der Waals surface area contributed by atoms with E-state index >= 15 is 0 Å². The Morgan fingerprint density at radius 3 is 2.67 bits per heavy atom. The van der Waals surface area contributed by atoms with Crippen LogP contribution in [0.15, 0.2) is 54.6 Å². The molecule has 0 aromatic heterocycles. The molecule has 0 heterocycles. The molecule has 0 spiro atoms. The van der Waals surface area contributed by atoms with E-state index in [0.29, 0.717) is 24.6 Å². The van der Waals surface area contributed by atoms with Crippen molar-refractivity contribution in [3.05, 3.63) is 76.9 Å². The minimum Gasteiger partial charge on any atom is -0.489 e. The van der Waals surface area contributed by atoms with Gasteiger partial charge in [0.15, 0.2) is 0 Å². The molecule has 27 heavy (non-hydrogen) atoms. The van der Waals surface area contributed by atoms with Crippen molar-refractivity contribution >= 4 is 23.2 Å². The van der Waals surface area contributed by atoms with Gasteiger partial charge in [-0.25, -0.2) is 0 Å². The fraction of sp³-hybridized carbons (Fsp3) is 0.261. The molecule has 3 aromatic carbocycles. The van der Waals surface area contributed by atoms with Gasteiger partial charge in [-0.15, -0.1) is 12.4 Å². The second-order valence-electron chi connectivity index (χ2n) is 6.98. The first-order valence-electron chi connectivity index (χ1n) is 9.15. The van der Waals surface area contributed by atoms with Gasteiger partial charge in [-0.1, -0.05) is 24.3 Å². The molecule has 1 aliphatic rings. The summed E-state index contributed by atoms with van der Waals surface area (Å²) in [7, 11) is 0. The van der Waals surface area contributed by atoms with E-state index in [1.807, 2.05) is 24.3 Å². The van der Waals surface area contributed by atoms with Crippen LogP contribution in [0.3, 0.4) is 0 Å². The van der Waals surface area contributed by atoms with E-state index in [1.54, 1.807) is 0 Å². The van der Waals surface area contributed by atoms with Crippen molar-refractivity contribution in [1.82, 2.24) is 0 Å². The van der Waals surface area contributed by atoms with Gasteiger partial charge in [0.25, 0.3) is 0 Å². The Morgan fingerprint density at radius 2 is 1.85 bits per heavy atom. The SMILES string of the molecule is Cl.N#Cc1ccc2cc(COc3ccc4c(c3)C(CN)CCC4)ccc2c1. The van der Waals surface area contributed by atoms with Crippen LogP contribution in [0.25, 0.3) is 10.8 Å². The third-order valence-corrected chi connectivity index (χ3v) is 5.28.